The lowest BCUT2D eigenvalue weighted by molar-refractivity contribution is 0.107. The van der Waals surface area contributed by atoms with E-state index < -0.39 is 0 Å². The fraction of sp³-hybridized carbons (Fsp3) is 0.571. The summed E-state index contributed by atoms with van der Waals surface area (Å²) in [5, 5.41) is 0. The molecule has 1 aromatic rings. The van der Waals surface area contributed by atoms with E-state index in [4.69, 9.17) is 5.73 Å². The highest BCUT2D eigenvalue weighted by Gasteiger charge is 2.27. The summed E-state index contributed by atoms with van der Waals surface area (Å²) in [6, 6.07) is 5.65. The van der Waals surface area contributed by atoms with Gasteiger partial charge in [0.05, 0.1) is 0 Å². The van der Waals surface area contributed by atoms with Gasteiger partial charge in [-0.25, -0.2) is 4.39 Å². The van der Waals surface area contributed by atoms with Gasteiger partial charge in [0.25, 0.3) is 0 Å². The molecule has 0 aromatic heterocycles. The summed E-state index contributed by atoms with van der Waals surface area (Å²) in [5.41, 5.74) is 6.99. The normalized spacial score (nSPS) is 23.0. The molecule has 4 heteroatoms. The molecule has 2 nitrogen and oxygen atoms in total. The number of hydrogen-bond donors (Lipinski definition) is 1. The molecule has 1 heterocycles. The van der Waals surface area contributed by atoms with Crippen molar-refractivity contribution in [2.75, 3.05) is 13.1 Å². The number of benzene rings is 1. The summed E-state index contributed by atoms with van der Waals surface area (Å²) >= 11 is 3.46. The van der Waals surface area contributed by atoms with Crippen LogP contribution in [0.15, 0.2) is 22.7 Å². The maximum atomic E-state index is 13.1. The topological polar surface area (TPSA) is 29.3 Å². The summed E-state index contributed by atoms with van der Waals surface area (Å²) in [4.78, 5) is 2.45. The molecule has 1 aromatic carbocycles. The molecule has 100 valence electrons. The third-order valence-corrected chi connectivity index (χ3v) is 4.54. The van der Waals surface area contributed by atoms with Crippen LogP contribution in [0.2, 0.25) is 0 Å². The van der Waals surface area contributed by atoms with E-state index in [2.05, 4.69) is 27.8 Å². The van der Waals surface area contributed by atoms with Crippen LogP contribution in [0.5, 0.6) is 0 Å². The Hall–Kier alpha value is -0.450. The van der Waals surface area contributed by atoms with Crippen LogP contribution >= 0.6 is 15.9 Å². The zero-order valence-electron chi connectivity index (χ0n) is 10.7. The van der Waals surface area contributed by atoms with Crippen LogP contribution in [0.4, 0.5) is 4.39 Å². The summed E-state index contributed by atoms with van der Waals surface area (Å²) < 4.78 is 14.0. The summed E-state index contributed by atoms with van der Waals surface area (Å²) in [5.74, 6) is -0.202. The molecule has 1 saturated heterocycles. The molecule has 1 fully saturated rings. The smallest absolute Gasteiger partial charge is 0.124 e. The molecule has 2 atom stereocenters. The first-order valence-electron chi connectivity index (χ1n) is 6.54. The van der Waals surface area contributed by atoms with E-state index in [1.165, 1.54) is 31.4 Å². The SMILES string of the molecule is CC(c1ccc(F)cc1Br)N1CCCCC1CN. The van der Waals surface area contributed by atoms with Gasteiger partial charge in [-0.1, -0.05) is 28.4 Å². The van der Waals surface area contributed by atoms with Gasteiger partial charge in [-0.05, 0) is 44.0 Å². The minimum atomic E-state index is -0.202. The van der Waals surface area contributed by atoms with E-state index in [1.54, 1.807) is 0 Å². The van der Waals surface area contributed by atoms with Gasteiger partial charge in [0.1, 0.15) is 5.82 Å². The highest BCUT2D eigenvalue weighted by molar-refractivity contribution is 9.10. The van der Waals surface area contributed by atoms with Crippen LogP contribution in [-0.4, -0.2) is 24.0 Å². The molecular formula is C14H20BrFN2. The first kappa shape index (κ1) is 14.0. The Morgan fingerprint density at radius 2 is 2.28 bits per heavy atom. The van der Waals surface area contributed by atoms with Gasteiger partial charge in [0, 0.05) is 23.1 Å². The third-order valence-electron chi connectivity index (χ3n) is 3.85. The van der Waals surface area contributed by atoms with E-state index in [0.717, 1.165) is 16.6 Å². The second kappa shape index (κ2) is 6.13. The largest absolute Gasteiger partial charge is 0.329 e. The molecule has 1 aliphatic rings. The van der Waals surface area contributed by atoms with Crippen LogP contribution in [0.25, 0.3) is 0 Å². The molecule has 0 radical (unpaired) electrons. The molecule has 1 aliphatic heterocycles. The van der Waals surface area contributed by atoms with Crippen molar-refractivity contribution in [3.8, 4) is 0 Å². The summed E-state index contributed by atoms with van der Waals surface area (Å²) in [6.45, 7) is 3.95. The Kier molecular flexibility index (Phi) is 4.76. The Balaban J connectivity index is 2.20. The summed E-state index contributed by atoms with van der Waals surface area (Å²) in [6.07, 6.45) is 3.65. The molecule has 2 unspecified atom stereocenters. The van der Waals surface area contributed by atoms with Crippen LogP contribution in [-0.2, 0) is 0 Å². The van der Waals surface area contributed by atoms with Crippen LogP contribution in [0, 0.1) is 5.82 Å². The zero-order valence-corrected chi connectivity index (χ0v) is 12.3. The molecule has 18 heavy (non-hydrogen) atoms. The average Bonchev–Trinajstić information content (AvgIpc) is 2.38. The number of halogens is 2. The average molecular weight is 315 g/mol. The van der Waals surface area contributed by atoms with Gasteiger partial charge in [-0.2, -0.15) is 0 Å². The standard InChI is InChI=1S/C14H20BrFN2/c1-10(13-6-5-11(16)8-14(13)15)18-7-3-2-4-12(18)9-17/h5-6,8,10,12H,2-4,7,9,17H2,1H3. The first-order chi connectivity index (χ1) is 8.63. The Bertz CT molecular complexity index is 411. The van der Waals surface area contributed by atoms with Crippen molar-refractivity contribution in [1.82, 2.24) is 4.90 Å². The van der Waals surface area contributed by atoms with Gasteiger partial charge >= 0.3 is 0 Å². The number of piperidine rings is 1. The molecule has 0 saturated carbocycles. The fourth-order valence-electron chi connectivity index (χ4n) is 2.80. The first-order valence-corrected chi connectivity index (χ1v) is 7.33. The lowest BCUT2D eigenvalue weighted by Gasteiger charge is -2.39. The highest BCUT2D eigenvalue weighted by atomic mass is 79.9. The quantitative estimate of drug-likeness (QED) is 0.925. The molecule has 2 N–H and O–H groups in total. The fourth-order valence-corrected chi connectivity index (χ4v) is 3.49. The predicted octanol–water partition coefficient (Wildman–Crippen LogP) is 3.46. The number of rotatable bonds is 3. The number of nitrogens with zero attached hydrogens (tertiary/aromatic N) is 1. The van der Waals surface area contributed by atoms with Crippen molar-refractivity contribution in [1.29, 1.82) is 0 Å². The van der Waals surface area contributed by atoms with Gasteiger partial charge in [-0.3, -0.25) is 4.90 Å². The van der Waals surface area contributed by atoms with E-state index in [1.807, 2.05) is 6.07 Å². The van der Waals surface area contributed by atoms with Gasteiger partial charge < -0.3 is 5.73 Å². The second-order valence-electron chi connectivity index (χ2n) is 4.96. The molecule has 2 rings (SSSR count). The van der Waals surface area contributed by atoms with Gasteiger partial charge in [0.15, 0.2) is 0 Å². The monoisotopic (exact) mass is 314 g/mol. The van der Waals surface area contributed by atoms with Crippen molar-refractivity contribution >= 4 is 15.9 Å². The third kappa shape index (κ3) is 2.92. The number of likely N-dealkylation sites (tertiary alicyclic amines) is 1. The Labute approximate surface area is 116 Å². The second-order valence-corrected chi connectivity index (χ2v) is 5.82. The Morgan fingerprint density at radius 3 is 2.94 bits per heavy atom. The van der Waals surface area contributed by atoms with Crippen molar-refractivity contribution in [2.24, 2.45) is 5.73 Å². The lowest BCUT2D eigenvalue weighted by atomic mass is 9.97. The van der Waals surface area contributed by atoms with E-state index in [-0.39, 0.29) is 11.9 Å². The van der Waals surface area contributed by atoms with E-state index in [9.17, 15) is 4.39 Å². The predicted molar refractivity (Wildman–Crippen MR) is 75.9 cm³/mol. The van der Waals surface area contributed by atoms with Gasteiger partial charge in [-0.15, -0.1) is 0 Å². The molecule has 0 amide bonds. The van der Waals surface area contributed by atoms with Crippen LogP contribution < -0.4 is 5.73 Å². The molecule has 0 aliphatic carbocycles. The maximum Gasteiger partial charge on any atom is 0.124 e. The molecular weight excluding hydrogens is 295 g/mol. The molecule has 0 bridgehead atoms. The van der Waals surface area contributed by atoms with Crippen LogP contribution in [0.1, 0.15) is 37.8 Å². The maximum absolute atomic E-state index is 13.1. The van der Waals surface area contributed by atoms with Gasteiger partial charge in [0.2, 0.25) is 0 Å². The van der Waals surface area contributed by atoms with Crippen molar-refractivity contribution in [3.05, 3.63) is 34.1 Å². The van der Waals surface area contributed by atoms with Crippen molar-refractivity contribution in [2.45, 2.75) is 38.3 Å². The minimum absolute atomic E-state index is 0.202. The van der Waals surface area contributed by atoms with Crippen molar-refractivity contribution < 1.29 is 4.39 Å². The number of nitrogens with two attached hydrogens (primary N) is 1. The molecule has 0 spiro atoms. The van der Waals surface area contributed by atoms with Crippen LogP contribution in [0.3, 0.4) is 0 Å². The zero-order chi connectivity index (χ0) is 13.1. The Morgan fingerprint density at radius 1 is 1.50 bits per heavy atom. The number of hydrogen-bond acceptors (Lipinski definition) is 2. The minimum Gasteiger partial charge on any atom is -0.329 e. The van der Waals surface area contributed by atoms with Crippen molar-refractivity contribution in [3.63, 3.8) is 0 Å². The van der Waals surface area contributed by atoms with E-state index in [0.29, 0.717) is 12.6 Å². The highest BCUT2D eigenvalue weighted by Crippen LogP contribution is 2.32. The lowest BCUT2D eigenvalue weighted by Crippen LogP contribution is -2.45. The van der Waals surface area contributed by atoms with E-state index >= 15 is 0 Å². The summed E-state index contributed by atoms with van der Waals surface area (Å²) in [7, 11) is 0.